The highest BCUT2D eigenvalue weighted by molar-refractivity contribution is 5.78. The van der Waals surface area contributed by atoms with Crippen LogP contribution in [0.5, 0.6) is 0 Å². The molecule has 0 aliphatic rings. The number of carbonyl (C=O) groups is 1. The van der Waals surface area contributed by atoms with Crippen LogP contribution in [0.3, 0.4) is 0 Å². The monoisotopic (exact) mass is 199 g/mol. The van der Waals surface area contributed by atoms with Gasteiger partial charge in [-0.1, -0.05) is 12.2 Å². The maximum absolute atomic E-state index is 10.6. The smallest absolute Gasteiger partial charge is 0.323 e. The van der Waals surface area contributed by atoms with Crippen molar-refractivity contribution >= 4 is 11.8 Å². The number of aliphatic imine (C=N–C) groups is 1. The number of hydrogen-bond acceptors (Lipinski definition) is 3. The van der Waals surface area contributed by atoms with Gasteiger partial charge in [-0.15, -0.1) is 0 Å². The van der Waals surface area contributed by atoms with Crippen molar-refractivity contribution in [1.82, 2.24) is 0 Å². The second-order valence-electron chi connectivity index (χ2n) is 3.38. The number of hydrogen-bond donors (Lipinski definition) is 3. The molecule has 1 unspecified atom stereocenters. The Morgan fingerprint density at radius 1 is 1.57 bits per heavy atom. The van der Waals surface area contributed by atoms with Crippen LogP contribution in [0.1, 0.15) is 20.3 Å². The number of nitrogens with two attached hydrogens (primary N) is 2. The van der Waals surface area contributed by atoms with Crippen LogP contribution in [0.15, 0.2) is 17.1 Å². The second-order valence-corrected chi connectivity index (χ2v) is 3.38. The Labute approximate surface area is 83.5 Å². The number of carboxylic acids is 1. The van der Waals surface area contributed by atoms with E-state index in [4.69, 9.17) is 16.6 Å². The van der Waals surface area contributed by atoms with E-state index in [1.165, 1.54) is 6.92 Å². The lowest BCUT2D eigenvalue weighted by Gasteiger charge is -2.15. The summed E-state index contributed by atoms with van der Waals surface area (Å²) in [7, 11) is 0. The summed E-state index contributed by atoms with van der Waals surface area (Å²) in [5, 5.41) is 8.68. The summed E-state index contributed by atoms with van der Waals surface area (Å²) in [6.07, 6.45) is 3.71. The first-order valence-corrected chi connectivity index (χ1v) is 4.30. The molecule has 0 rings (SSSR count). The van der Waals surface area contributed by atoms with Gasteiger partial charge in [0.2, 0.25) is 0 Å². The summed E-state index contributed by atoms with van der Waals surface area (Å²) >= 11 is 0. The molecule has 5 heteroatoms. The molecule has 1 atom stereocenters. The average Bonchev–Trinajstić information content (AvgIpc) is 2.02. The molecule has 0 aromatic heterocycles. The van der Waals surface area contributed by atoms with Crippen LogP contribution in [-0.2, 0) is 4.79 Å². The molecule has 0 saturated carbocycles. The Balaban J connectivity index is 3.94. The zero-order valence-electron chi connectivity index (χ0n) is 8.53. The number of nitrogens with zero attached hydrogens (tertiary/aromatic N) is 1. The minimum atomic E-state index is -1.21. The third-order valence-electron chi connectivity index (χ3n) is 1.64. The van der Waals surface area contributed by atoms with Gasteiger partial charge in [-0.2, -0.15) is 0 Å². The predicted octanol–water partition coefficient (Wildman–Crippen LogP) is 0.112. The predicted molar refractivity (Wildman–Crippen MR) is 56.1 cm³/mol. The van der Waals surface area contributed by atoms with Gasteiger partial charge >= 0.3 is 5.97 Å². The van der Waals surface area contributed by atoms with Gasteiger partial charge in [0, 0.05) is 0 Å². The maximum atomic E-state index is 10.6. The first-order chi connectivity index (χ1) is 6.36. The fourth-order valence-electron chi connectivity index (χ4n) is 0.687. The number of aliphatic carboxylic acids is 1. The van der Waals surface area contributed by atoms with Crippen molar-refractivity contribution < 1.29 is 9.90 Å². The second kappa shape index (κ2) is 5.39. The van der Waals surface area contributed by atoms with Crippen LogP contribution in [0, 0.1) is 0 Å². The molecule has 5 N–H and O–H groups in total. The molecule has 0 aromatic carbocycles. The standard InChI is InChI=1S/C9H17N3O2/c1-7(10)12-6-4-3-5-9(2,11)8(13)14/h3-4H,5-6,11H2,1-2H3,(H2,10,12)(H,13,14). The molecule has 0 amide bonds. The lowest BCUT2D eigenvalue weighted by molar-refractivity contribution is -0.142. The van der Waals surface area contributed by atoms with E-state index in [-0.39, 0.29) is 6.42 Å². The molecular formula is C9H17N3O2. The average molecular weight is 199 g/mol. The fourth-order valence-corrected chi connectivity index (χ4v) is 0.687. The summed E-state index contributed by atoms with van der Waals surface area (Å²) in [6, 6.07) is 0. The quantitative estimate of drug-likeness (QED) is 0.332. The van der Waals surface area contributed by atoms with Crippen molar-refractivity contribution in [3.63, 3.8) is 0 Å². The van der Waals surface area contributed by atoms with Crippen LogP contribution >= 0.6 is 0 Å². The zero-order valence-corrected chi connectivity index (χ0v) is 8.53. The Morgan fingerprint density at radius 3 is 2.57 bits per heavy atom. The summed E-state index contributed by atoms with van der Waals surface area (Å²) in [6.45, 7) is 3.62. The first-order valence-electron chi connectivity index (χ1n) is 4.30. The number of rotatable bonds is 5. The lowest BCUT2D eigenvalue weighted by Crippen LogP contribution is -2.44. The van der Waals surface area contributed by atoms with Crippen LogP contribution in [0.2, 0.25) is 0 Å². The van der Waals surface area contributed by atoms with Crippen LogP contribution in [-0.4, -0.2) is 29.0 Å². The molecule has 0 heterocycles. The molecule has 0 aliphatic carbocycles. The van der Waals surface area contributed by atoms with E-state index in [1.54, 1.807) is 19.1 Å². The highest BCUT2D eigenvalue weighted by atomic mass is 16.4. The molecule has 0 radical (unpaired) electrons. The van der Waals surface area contributed by atoms with Gasteiger partial charge in [0.1, 0.15) is 5.54 Å². The molecule has 0 spiro atoms. The molecule has 80 valence electrons. The third-order valence-corrected chi connectivity index (χ3v) is 1.64. The van der Waals surface area contributed by atoms with Gasteiger partial charge in [0.05, 0.1) is 12.4 Å². The molecule has 0 aromatic rings. The summed E-state index contributed by atoms with van der Waals surface area (Å²) in [4.78, 5) is 14.5. The summed E-state index contributed by atoms with van der Waals surface area (Å²) < 4.78 is 0. The van der Waals surface area contributed by atoms with Crippen molar-refractivity contribution in [1.29, 1.82) is 0 Å². The summed E-state index contributed by atoms with van der Waals surface area (Å²) in [5.41, 5.74) is 9.59. The highest BCUT2D eigenvalue weighted by Crippen LogP contribution is 2.06. The van der Waals surface area contributed by atoms with Crippen molar-refractivity contribution in [2.24, 2.45) is 16.5 Å². The van der Waals surface area contributed by atoms with Crippen LogP contribution < -0.4 is 11.5 Å². The van der Waals surface area contributed by atoms with E-state index in [9.17, 15) is 4.79 Å². The van der Waals surface area contributed by atoms with Crippen LogP contribution in [0.25, 0.3) is 0 Å². The van der Waals surface area contributed by atoms with Crippen LogP contribution in [0.4, 0.5) is 0 Å². The van der Waals surface area contributed by atoms with E-state index in [0.717, 1.165) is 0 Å². The Kier molecular flexibility index (Phi) is 4.86. The van der Waals surface area contributed by atoms with Crippen molar-refractivity contribution in [2.45, 2.75) is 25.8 Å². The van der Waals surface area contributed by atoms with Crippen molar-refractivity contribution in [3.05, 3.63) is 12.2 Å². The lowest BCUT2D eigenvalue weighted by atomic mass is 10.00. The van der Waals surface area contributed by atoms with Crippen molar-refractivity contribution in [2.75, 3.05) is 6.54 Å². The molecule has 0 saturated heterocycles. The molecule has 0 bridgehead atoms. The largest absolute Gasteiger partial charge is 0.480 e. The Bertz CT molecular complexity index is 253. The van der Waals surface area contributed by atoms with Gasteiger partial charge in [0.15, 0.2) is 0 Å². The van der Waals surface area contributed by atoms with E-state index in [1.807, 2.05) is 0 Å². The minimum absolute atomic E-state index is 0.279. The normalized spacial score (nSPS) is 16.9. The van der Waals surface area contributed by atoms with E-state index < -0.39 is 11.5 Å². The molecular weight excluding hydrogens is 182 g/mol. The molecule has 5 nitrogen and oxygen atoms in total. The number of carboxylic acid groups (broad SMARTS) is 1. The SMILES string of the molecule is CC(N)=NCC=CCC(C)(N)C(=O)O. The topological polar surface area (TPSA) is 102 Å². The van der Waals surface area contributed by atoms with E-state index in [0.29, 0.717) is 12.4 Å². The van der Waals surface area contributed by atoms with Crippen molar-refractivity contribution in [3.8, 4) is 0 Å². The van der Waals surface area contributed by atoms with Gasteiger partial charge in [-0.25, -0.2) is 0 Å². The van der Waals surface area contributed by atoms with E-state index in [2.05, 4.69) is 4.99 Å². The molecule has 14 heavy (non-hydrogen) atoms. The first kappa shape index (κ1) is 12.6. The molecule has 0 fully saturated rings. The van der Waals surface area contributed by atoms with Gasteiger partial charge < -0.3 is 16.6 Å². The molecule has 0 aliphatic heterocycles. The Hall–Kier alpha value is -1.36. The maximum Gasteiger partial charge on any atom is 0.323 e. The zero-order chi connectivity index (χ0) is 11.2. The fraction of sp³-hybridized carbons (Fsp3) is 0.556. The highest BCUT2D eigenvalue weighted by Gasteiger charge is 2.25. The van der Waals surface area contributed by atoms with Gasteiger partial charge in [-0.05, 0) is 20.3 Å². The Morgan fingerprint density at radius 2 is 2.14 bits per heavy atom. The van der Waals surface area contributed by atoms with Gasteiger partial charge in [-0.3, -0.25) is 9.79 Å². The van der Waals surface area contributed by atoms with Gasteiger partial charge in [0.25, 0.3) is 0 Å². The number of amidine groups is 1. The third kappa shape index (κ3) is 5.31. The minimum Gasteiger partial charge on any atom is -0.480 e. The van der Waals surface area contributed by atoms with E-state index >= 15 is 0 Å². The summed E-state index contributed by atoms with van der Waals surface area (Å²) in [5.74, 6) is -0.510.